The average molecular weight is 540 g/mol. The third kappa shape index (κ3) is 5.97. The van der Waals surface area contributed by atoms with Crippen molar-refractivity contribution in [3.63, 3.8) is 0 Å². The third-order valence-corrected chi connectivity index (χ3v) is 7.31. The lowest BCUT2D eigenvalue weighted by atomic mass is 9.80. The van der Waals surface area contributed by atoms with Gasteiger partial charge in [0, 0.05) is 30.2 Å². The largest absolute Gasteiger partial charge is 0.457 e. The number of fused-ring (bicyclic) bond motifs is 2. The zero-order valence-electron chi connectivity index (χ0n) is 21.1. The Balaban J connectivity index is 1.32. The molecule has 2 heterocycles. The van der Waals surface area contributed by atoms with E-state index in [2.05, 4.69) is 10.3 Å². The Kier molecular flexibility index (Phi) is 7.42. The van der Waals surface area contributed by atoms with Crippen LogP contribution in [0.5, 0.6) is 11.5 Å². The summed E-state index contributed by atoms with van der Waals surface area (Å²) in [7, 11) is 0. The number of alkyl halides is 3. The van der Waals surface area contributed by atoms with E-state index in [-0.39, 0.29) is 35.2 Å². The number of anilines is 1. The molecule has 0 radical (unpaired) electrons. The van der Waals surface area contributed by atoms with Crippen molar-refractivity contribution in [2.24, 2.45) is 11.7 Å². The number of Topliss-reactive ketones (excluding diaryl/α,β-unsaturated/α-hetero) is 1. The molecule has 0 bridgehead atoms. The summed E-state index contributed by atoms with van der Waals surface area (Å²) < 4.78 is 46.5. The van der Waals surface area contributed by atoms with E-state index < -0.39 is 24.4 Å². The number of aromatic nitrogens is 1. The molecule has 0 saturated carbocycles. The first kappa shape index (κ1) is 26.8. The number of aryl methyl sites for hydroxylation is 1. The van der Waals surface area contributed by atoms with E-state index in [1.807, 2.05) is 18.2 Å². The Morgan fingerprint density at radius 1 is 1.13 bits per heavy atom. The topological polar surface area (TPSA) is 115 Å². The molecule has 1 aromatic heterocycles. The summed E-state index contributed by atoms with van der Waals surface area (Å²) in [5.41, 5.74) is 7.83. The molecule has 3 aromatic rings. The van der Waals surface area contributed by atoms with E-state index in [1.54, 1.807) is 12.3 Å². The van der Waals surface area contributed by atoms with Gasteiger partial charge in [-0.2, -0.15) is 13.2 Å². The number of carbonyl (C=O) groups excluding carboxylic acids is 2. The lowest BCUT2D eigenvalue weighted by Crippen LogP contribution is -2.20. The van der Waals surface area contributed by atoms with Gasteiger partial charge in [0.05, 0.1) is 18.2 Å². The molecule has 5 rings (SSSR count). The van der Waals surface area contributed by atoms with Crippen LogP contribution in [0.2, 0.25) is 0 Å². The first-order valence-electron chi connectivity index (χ1n) is 12.8. The Morgan fingerprint density at radius 2 is 1.95 bits per heavy atom. The summed E-state index contributed by atoms with van der Waals surface area (Å²) in [6.45, 7) is -0.532. The van der Waals surface area contributed by atoms with Crippen molar-refractivity contribution in [3.05, 3.63) is 82.0 Å². The van der Waals surface area contributed by atoms with Gasteiger partial charge < -0.3 is 20.9 Å². The van der Waals surface area contributed by atoms with E-state index in [9.17, 15) is 27.9 Å². The first-order valence-corrected chi connectivity index (χ1v) is 12.8. The number of hydrogen-bond donors (Lipinski definition) is 3. The van der Waals surface area contributed by atoms with Gasteiger partial charge in [-0.25, -0.2) is 4.98 Å². The molecule has 2 atom stereocenters. The molecule has 1 aliphatic carbocycles. The number of ether oxygens (including phenoxy) is 1. The number of hydrogen-bond acceptors (Lipinski definition) is 6. The molecule has 0 saturated heterocycles. The van der Waals surface area contributed by atoms with Crippen LogP contribution in [0.1, 0.15) is 63.5 Å². The van der Waals surface area contributed by atoms with Gasteiger partial charge in [0.2, 0.25) is 5.91 Å². The van der Waals surface area contributed by atoms with E-state index in [4.69, 9.17) is 10.5 Å². The van der Waals surface area contributed by atoms with E-state index in [0.717, 1.165) is 41.7 Å². The Morgan fingerprint density at radius 3 is 2.72 bits per heavy atom. The minimum absolute atomic E-state index is 0.0475. The van der Waals surface area contributed by atoms with Gasteiger partial charge in [-0.15, -0.1) is 0 Å². The standard InChI is InChI=1S/C29H28F3N3O4/c30-29(31,32)21-12-19(24(33)15-36)11-20(13-21)25(37)10-16-1-2-17-3-4-22(14-18(17)9-16)39-26-7-8-34-28-23(26)5-6-27(38)35-28/h3-4,7-8,11-14,16,24,36H,1-2,5-6,9-10,15,33H2,(H,34,35,38)/t16-,24-/m1/s1. The fourth-order valence-corrected chi connectivity index (χ4v) is 5.20. The Hall–Kier alpha value is -3.76. The number of amides is 1. The Bertz CT molecular complexity index is 1420. The molecule has 10 heteroatoms. The molecule has 1 aliphatic heterocycles. The van der Waals surface area contributed by atoms with E-state index >= 15 is 0 Å². The number of nitrogens with one attached hydrogen (secondary N) is 1. The summed E-state index contributed by atoms with van der Waals surface area (Å²) in [6.07, 6.45) is -0.0193. The highest BCUT2D eigenvalue weighted by molar-refractivity contribution is 5.96. The van der Waals surface area contributed by atoms with Crippen LogP contribution in [0.4, 0.5) is 19.0 Å². The van der Waals surface area contributed by atoms with Crippen molar-refractivity contribution >= 4 is 17.5 Å². The number of ketones is 1. The van der Waals surface area contributed by atoms with Crippen LogP contribution in [0.15, 0.2) is 48.7 Å². The fraction of sp³-hybridized carbons (Fsp3) is 0.345. The summed E-state index contributed by atoms with van der Waals surface area (Å²) in [6, 6.07) is 9.63. The number of halogens is 3. The average Bonchev–Trinajstić information content (AvgIpc) is 2.91. The number of nitrogens with zero attached hydrogens (tertiary/aromatic N) is 1. The molecule has 0 fully saturated rings. The van der Waals surface area contributed by atoms with Gasteiger partial charge in [0.25, 0.3) is 0 Å². The number of carbonyl (C=O) groups is 2. The van der Waals surface area contributed by atoms with Gasteiger partial charge in [-0.3, -0.25) is 9.59 Å². The number of nitrogens with two attached hydrogens (primary N) is 1. The summed E-state index contributed by atoms with van der Waals surface area (Å²) >= 11 is 0. The monoisotopic (exact) mass is 539 g/mol. The molecule has 2 aliphatic rings. The zero-order chi connectivity index (χ0) is 27.7. The third-order valence-electron chi connectivity index (χ3n) is 7.31. The highest BCUT2D eigenvalue weighted by atomic mass is 19.4. The predicted octanol–water partition coefficient (Wildman–Crippen LogP) is 5.15. The summed E-state index contributed by atoms with van der Waals surface area (Å²) in [5, 5.41) is 12.1. The van der Waals surface area contributed by atoms with Crippen molar-refractivity contribution in [3.8, 4) is 11.5 Å². The normalized spacial score (nSPS) is 17.6. The molecule has 0 spiro atoms. The van der Waals surface area contributed by atoms with Crippen molar-refractivity contribution in [2.45, 2.75) is 50.7 Å². The van der Waals surface area contributed by atoms with Crippen LogP contribution < -0.4 is 15.8 Å². The van der Waals surface area contributed by atoms with Crippen LogP contribution in [-0.4, -0.2) is 28.4 Å². The maximum atomic E-state index is 13.5. The van der Waals surface area contributed by atoms with Crippen LogP contribution in [-0.2, 0) is 30.2 Å². The van der Waals surface area contributed by atoms with Crippen LogP contribution in [0, 0.1) is 5.92 Å². The molecule has 7 nitrogen and oxygen atoms in total. The van der Waals surface area contributed by atoms with Gasteiger partial charge >= 0.3 is 6.18 Å². The van der Waals surface area contributed by atoms with Gasteiger partial charge in [0.15, 0.2) is 5.78 Å². The number of pyridine rings is 1. The van der Waals surface area contributed by atoms with Crippen molar-refractivity contribution in [1.29, 1.82) is 0 Å². The SMILES string of the molecule is N[C@H](CO)c1cc(C(=O)C[C@@H]2CCc3ccc(Oc4ccnc5c4CCC(=O)N5)cc3C2)cc(C(F)(F)F)c1. The zero-order valence-corrected chi connectivity index (χ0v) is 21.1. The molecule has 1 amide bonds. The van der Waals surface area contributed by atoms with Gasteiger partial charge in [-0.05, 0) is 84.7 Å². The molecular formula is C29H28F3N3O4. The highest BCUT2D eigenvalue weighted by Crippen LogP contribution is 2.37. The first-order chi connectivity index (χ1) is 18.6. The second-order valence-electron chi connectivity index (χ2n) is 10.1. The lowest BCUT2D eigenvalue weighted by Gasteiger charge is -2.25. The minimum Gasteiger partial charge on any atom is -0.457 e. The second-order valence-corrected chi connectivity index (χ2v) is 10.1. The molecule has 0 unspecified atom stereocenters. The molecular weight excluding hydrogens is 511 g/mol. The van der Waals surface area contributed by atoms with E-state index in [0.29, 0.717) is 36.6 Å². The van der Waals surface area contributed by atoms with Gasteiger partial charge in [-0.1, -0.05) is 6.07 Å². The van der Waals surface area contributed by atoms with Crippen molar-refractivity contribution in [2.75, 3.05) is 11.9 Å². The predicted molar refractivity (Wildman–Crippen MR) is 138 cm³/mol. The Labute approximate surface area is 223 Å². The molecule has 2 aromatic carbocycles. The number of aliphatic hydroxyl groups excluding tert-OH is 1. The summed E-state index contributed by atoms with van der Waals surface area (Å²) in [4.78, 5) is 29.0. The number of aliphatic hydroxyl groups is 1. The van der Waals surface area contributed by atoms with Crippen molar-refractivity contribution < 1.29 is 32.6 Å². The summed E-state index contributed by atoms with van der Waals surface area (Å²) in [5.74, 6) is 1.21. The lowest BCUT2D eigenvalue weighted by molar-refractivity contribution is -0.137. The maximum Gasteiger partial charge on any atom is 0.416 e. The number of benzene rings is 2. The van der Waals surface area contributed by atoms with Crippen LogP contribution in [0.3, 0.4) is 0 Å². The molecule has 39 heavy (non-hydrogen) atoms. The highest BCUT2D eigenvalue weighted by Gasteiger charge is 2.33. The maximum absolute atomic E-state index is 13.5. The number of rotatable bonds is 7. The smallest absolute Gasteiger partial charge is 0.416 e. The van der Waals surface area contributed by atoms with Crippen LogP contribution >= 0.6 is 0 Å². The minimum atomic E-state index is -4.64. The molecule has 204 valence electrons. The van der Waals surface area contributed by atoms with Crippen molar-refractivity contribution in [1.82, 2.24) is 4.98 Å². The van der Waals surface area contributed by atoms with E-state index in [1.165, 1.54) is 6.07 Å². The quantitative estimate of drug-likeness (QED) is 0.358. The molecule has 4 N–H and O–H groups in total. The van der Waals surface area contributed by atoms with Crippen LogP contribution in [0.25, 0.3) is 0 Å². The fourth-order valence-electron chi connectivity index (χ4n) is 5.20. The second kappa shape index (κ2) is 10.8. The van der Waals surface area contributed by atoms with Gasteiger partial charge in [0.1, 0.15) is 17.3 Å².